The molecule has 5 nitrogen and oxygen atoms in total. The molecule has 138 valence electrons. The molecule has 3 unspecified atom stereocenters. The zero-order valence-electron chi connectivity index (χ0n) is 14.1. The lowest BCUT2D eigenvalue weighted by Crippen LogP contribution is -2.53. The average Bonchev–Trinajstić information content (AvgIpc) is 2.46. The van der Waals surface area contributed by atoms with Gasteiger partial charge in [0.15, 0.2) is 17.4 Å². The summed E-state index contributed by atoms with van der Waals surface area (Å²) in [6, 6.07) is -0.166. The monoisotopic (exact) mass is 359 g/mol. The topological polar surface area (TPSA) is 75.6 Å². The van der Waals surface area contributed by atoms with E-state index in [2.05, 4.69) is 5.32 Å². The third-order valence-corrected chi connectivity index (χ3v) is 3.88. The second-order valence-electron chi connectivity index (χ2n) is 7.02. The van der Waals surface area contributed by atoms with E-state index in [1.807, 2.05) is 0 Å². The van der Waals surface area contributed by atoms with Crippen molar-refractivity contribution in [3.8, 4) is 0 Å². The molecule has 0 saturated heterocycles. The minimum absolute atomic E-state index is 0.00638. The van der Waals surface area contributed by atoms with Crippen LogP contribution in [0.15, 0.2) is 12.1 Å². The summed E-state index contributed by atoms with van der Waals surface area (Å²) in [6.07, 6.45) is -2.24. The van der Waals surface area contributed by atoms with Crippen LogP contribution in [0.25, 0.3) is 0 Å². The molecule has 0 aromatic heterocycles. The number of hydrogen-bond acceptors (Lipinski definition) is 4. The van der Waals surface area contributed by atoms with E-state index in [1.54, 1.807) is 20.8 Å². The first kappa shape index (κ1) is 19.2. The van der Waals surface area contributed by atoms with Crippen molar-refractivity contribution in [3.05, 3.63) is 35.1 Å². The van der Waals surface area contributed by atoms with Gasteiger partial charge in [0, 0.05) is 12.0 Å². The molecule has 1 aromatic rings. The molecule has 0 heterocycles. The third-order valence-electron chi connectivity index (χ3n) is 3.88. The van der Waals surface area contributed by atoms with Crippen LogP contribution in [0.5, 0.6) is 0 Å². The fraction of sp³-hybridized carbons (Fsp3) is 0.529. The molecule has 3 atom stereocenters. The molecule has 8 heteroatoms. The first-order chi connectivity index (χ1) is 11.5. The lowest BCUT2D eigenvalue weighted by Gasteiger charge is -2.34. The van der Waals surface area contributed by atoms with Gasteiger partial charge in [0.05, 0.1) is 0 Å². The van der Waals surface area contributed by atoms with Crippen LogP contribution in [-0.2, 0) is 9.53 Å². The molecular weight excluding hydrogens is 339 g/mol. The number of alkyl carbamates (subject to hydrolysis) is 1. The predicted octanol–water partition coefficient (Wildman–Crippen LogP) is 2.80. The van der Waals surface area contributed by atoms with Crippen LogP contribution in [0.1, 0.15) is 45.1 Å². The largest absolute Gasteiger partial charge is 0.444 e. The van der Waals surface area contributed by atoms with Crippen molar-refractivity contribution < 1.29 is 32.6 Å². The van der Waals surface area contributed by atoms with Gasteiger partial charge in [-0.3, -0.25) is 4.79 Å². The SMILES string of the molecule is CC(C)(C)OC(=O)NC1C(=O)C(O)CCC1c1cc(F)cc(F)c1F. The first-order valence-corrected chi connectivity index (χ1v) is 7.85. The highest BCUT2D eigenvalue weighted by atomic mass is 19.2. The maximum absolute atomic E-state index is 14.1. The Kier molecular flexibility index (Phi) is 5.41. The Morgan fingerprint density at radius 2 is 1.88 bits per heavy atom. The van der Waals surface area contributed by atoms with Crippen molar-refractivity contribution in [2.75, 3.05) is 0 Å². The molecule has 1 fully saturated rings. The van der Waals surface area contributed by atoms with Crippen molar-refractivity contribution in [1.29, 1.82) is 0 Å². The Balaban J connectivity index is 2.35. The van der Waals surface area contributed by atoms with Gasteiger partial charge in [0.2, 0.25) is 0 Å². The molecule has 2 rings (SSSR count). The highest BCUT2D eigenvalue weighted by molar-refractivity contribution is 5.92. The fourth-order valence-electron chi connectivity index (χ4n) is 2.84. The van der Waals surface area contributed by atoms with Crippen molar-refractivity contribution in [1.82, 2.24) is 5.32 Å². The number of amides is 1. The molecule has 0 radical (unpaired) electrons. The minimum atomic E-state index is -1.38. The van der Waals surface area contributed by atoms with Crippen LogP contribution in [0.3, 0.4) is 0 Å². The normalized spacial score (nSPS) is 24.1. The maximum Gasteiger partial charge on any atom is 0.408 e. The van der Waals surface area contributed by atoms with Crippen LogP contribution in [-0.4, -0.2) is 34.7 Å². The Morgan fingerprint density at radius 1 is 1.24 bits per heavy atom. The molecule has 1 saturated carbocycles. The summed E-state index contributed by atoms with van der Waals surface area (Å²) in [5.74, 6) is -5.44. The van der Waals surface area contributed by atoms with E-state index in [4.69, 9.17) is 4.74 Å². The Bertz CT molecular complexity index is 687. The molecular formula is C17H20F3NO4. The van der Waals surface area contributed by atoms with Crippen molar-refractivity contribution in [3.63, 3.8) is 0 Å². The van der Waals surface area contributed by atoms with Crippen LogP contribution in [0, 0.1) is 17.5 Å². The summed E-state index contributed by atoms with van der Waals surface area (Å²) < 4.78 is 46.2. The van der Waals surface area contributed by atoms with Crippen LogP contribution < -0.4 is 5.32 Å². The number of carbonyl (C=O) groups excluding carboxylic acids is 2. The highest BCUT2D eigenvalue weighted by Crippen LogP contribution is 2.34. The summed E-state index contributed by atoms with van der Waals surface area (Å²) in [6.45, 7) is 4.84. The first-order valence-electron chi connectivity index (χ1n) is 7.85. The minimum Gasteiger partial charge on any atom is -0.444 e. The molecule has 1 aliphatic rings. The number of Topliss-reactive ketones (excluding diaryl/α,β-unsaturated/α-hetero) is 1. The maximum atomic E-state index is 14.1. The van der Waals surface area contributed by atoms with Gasteiger partial charge in [-0.1, -0.05) is 0 Å². The zero-order chi connectivity index (χ0) is 18.9. The van der Waals surface area contributed by atoms with Gasteiger partial charge in [-0.15, -0.1) is 0 Å². The molecule has 1 amide bonds. The number of nitrogens with one attached hydrogen (secondary N) is 1. The van der Waals surface area contributed by atoms with Gasteiger partial charge < -0.3 is 15.2 Å². The van der Waals surface area contributed by atoms with E-state index in [-0.39, 0.29) is 18.4 Å². The van der Waals surface area contributed by atoms with Crippen molar-refractivity contribution in [2.45, 2.75) is 57.3 Å². The average molecular weight is 359 g/mol. The highest BCUT2D eigenvalue weighted by Gasteiger charge is 2.41. The predicted molar refractivity (Wildman–Crippen MR) is 82.5 cm³/mol. The fourth-order valence-corrected chi connectivity index (χ4v) is 2.84. The Morgan fingerprint density at radius 3 is 2.48 bits per heavy atom. The lowest BCUT2D eigenvalue weighted by molar-refractivity contribution is -0.132. The number of carbonyl (C=O) groups is 2. The lowest BCUT2D eigenvalue weighted by atomic mass is 9.77. The number of ketones is 1. The van der Waals surface area contributed by atoms with E-state index >= 15 is 0 Å². The molecule has 0 bridgehead atoms. The van der Waals surface area contributed by atoms with E-state index in [0.717, 1.165) is 6.07 Å². The number of ether oxygens (including phenoxy) is 1. The summed E-state index contributed by atoms with van der Waals surface area (Å²) in [5, 5.41) is 12.0. The van der Waals surface area contributed by atoms with Gasteiger partial charge in [0.1, 0.15) is 23.6 Å². The number of rotatable bonds is 2. The molecule has 1 aromatic carbocycles. The second-order valence-corrected chi connectivity index (χ2v) is 7.02. The number of halogens is 3. The van der Waals surface area contributed by atoms with Gasteiger partial charge in [-0.05, 0) is 45.2 Å². The van der Waals surface area contributed by atoms with Crippen LogP contribution >= 0.6 is 0 Å². The van der Waals surface area contributed by atoms with Crippen LogP contribution in [0.4, 0.5) is 18.0 Å². The molecule has 0 spiro atoms. The van der Waals surface area contributed by atoms with Crippen molar-refractivity contribution in [2.24, 2.45) is 0 Å². The third kappa shape index (κ3) is 4.50. The molecule has 25 heavy (non-hydrogen) atoms. The van der Waals surface area contributed by atoms with Gasteiger partial charge in [-0.2, -0.15) is 0 Å². The number of hydrogen-bond donors (Lipinski definition) is 2. The van der Waals surface area contributed by atoms with E-state index in [0.29, 0.717) is 6.07 Å². The number of benzene rings is 1. The summed E-state index contributed by atoms with van der Waals surface area (Å²) in [5.41, 5.74) is -1.20. The standard InChI is InChI=1S/C17H20F3NO4/c1-17(2,3)25-16(24)21-14-9(4-5-12(22)15(14)23)10-6-8(18)7-11(19)13(10)20/h6-7,9,12,14,22H,4-5H2,1-3H3,(H,21,24). The molecule has 1 aliphatic carbocycles. The summed E-state index contributed by atoms with van der Waals surface area (Å²) in [7, 11) is 0. The molecule has 0 aliphatic heterocycles. The number of aliphatic hydroxyl groups is 1. The Hall–Kier alpha value is -2.09. The van der Waals surface area contributed by atoms with E-state index < -0.39 is 53.0 Å². The Labute approximate surface area is 143 Å². The summed E-state index contributed by atoms with van der Waals surface area (Å²) in [4.78, 5) is 24.2. The van der Waals surface area contributed by atoms with Crippen molar-refractivity contribution >= 4 is 11.9 Å². The van der Waals surface area contributed by atoms with Gasteiger partial charge in [-0.25, -0.2) is 18.0 Å². The summed E-state index contributed by atoms with van der Waals surface area (Å²) >= 11 is 0. The van der Waals surface area contributed by atoms with Gasteiger partial charge >= 0.3 is 6.09 Å². The smallest absolute Gasteiger partial charge is 0.408 e. The van der Waals surface area contributed by atoms with E-state index in [9.17, 15) is 27.9 Å². The van der Waals surface area contributed by atoms with E-state index in [1.165, 1.54) is 0 Å². The number of aliphatic hydroxyl groups excluding tert-OH is 1. The quantitative estimate of drug-likeness (QED) is 0.797. The van der Waals surface area contributed by atoms with Gasteiger partial charge in [0.25, 0.3) is 0 Å². The second kappa shape index (κ2) is 7.03. The van der Waals surface area contributed by atoms with Crippen LogP contribution in [0.2, 0.25) is 0 Å². The zero-order valence-corrected chi connectivity index (χ0v) is 14.1. The molecule has 2 N–H and O–H groups in total.